The SMILES string of the molecule is CC[C@H](C)[C@H](NC(=O)[C@@]1(C)CCCCN1C)C(=O)N(CC)[C@H](C[C@@H](OC(C)=O)c1nc(C(=O)N[C@H]2Cc3ccc(N)cc3[C@H](C(=O)OC3CC4=CC45C[C@H]5C3)C2)cs1)C(C)C. The zero-order chi connectivity index (χ0) is 44.0. The number of fused-ring (bicyclic) bond motifs is 1. The number of hydrogen-bond acceptors (Lipinski definition) is 11. The zero-order valence-corrected chi connectivity index (χ0v) is 38.1. The van der Waals surface area contributed by atoms with Crippen molar-refractivity contribution in [1.82, 2.24) is 25.4 Å². The molecule has 4 aliphatic carbocycles. The van der Waals surface area contributed by atoms with Gasteiger partial charge in [0.2, 0.25) is 11.8 Å². The third-order valence-electron chi connectivity index (χ3n) is 14.6. The Balaban J connectivity index is 1.04. The minimum atomic E-state index is -0.831. The van der Waals surface area contributed by atoms with E-state index in [-0.39, 0.29) is 59.9 Å². The molecule has 1 aromatic carbocycles. The van der Waals surface area contributed by atoms with Gasteiger partial charge in [-0.2, -0.15) is 0 Å². The van der Waals surface area contributed by atoms with E-state index < -0.39 is 35.5 Å². The highest BCUT2D eigenvalue weighted by Crippen LogP contribution is 2.74. The van der Waals surface area contributed by atoms with Gasteiger partial charge in [-0.3, -0.25) is 28.9 Å². The van der Waals surface area contributed by atoms with Gasteiger partial charge in [-0.15, -0.1) is 11.3 Å². The average molecular weight is 859 g/mol. The molecule has 0 bridgehead atoms. The van der Waals surface area contributed by atoms with E-state index in [1.54, 1.807) is 10.3 Å². The standard InChI is InChI=1S/C47H66N6O7S/c1-9-27(5)40(51-45(58)46(7)15-11-12-16-52(46)8)43(56)53(10-2)38(26(3)4)22-39(59-28(6)54)42-50-37(25-61-42)41(55)49-33-17-29-13-14-32(48)20-35(29)36(21-33)44(57)60-34-18-30-23-47(30)24-31(47)19-34/h13-14,20,23,25-27,31,33-34,36,38-40H,9-12,15-19,21-22,24,48H2,1-8H3,(H,49,55)(H,51,58)/t27-,31+,33-,34?,36+,38+,39+,40-,46+,47?/m0/s1. The van der Waals surface area contributed by atoms with Crippen molar-refractivity contribution in [3.05, 3.63) is 57.1 Å². The Morgan fingerprint density at radius 2 is 1.87 bits per heavy atom. The molecule has 3 amide bonds. The molecule has 5 aliphatic rings. The third-order valence-corrected chi connectivity index (χ3v) is 15.6. The second kappa shape index (κ2) is 17.8. The number of nitrogens with one attached hydrogen (secondary N) is 2. The Hall–Kier alpha value is -4.30. The number of likely N-dealkylation sites (N-methyl/N-ethyl adjacent to an activating group) is 2. The van der Waals surface area contributed by atoms with E-state index in [0.717, 1.165) is 49.8 Å². The number of carbonyl (C=O) groups is 5. The van der Waals surface area contributed by atoms with Crippen molar-refractivity contribution in [1.29, 1.82) is 0 Å². The Bertz CT molecular complexity index is 2050. The van der Waals surface area contributed by atoms with E-state index >= 15 is 0 Å². The van der Waals surface area contributed by atoms with Crippen LogP contribution in [0.25, 0.3) is 0 Å². The maximum absolute atomic E-state index is 14.6. The molecule has 14 heteroatoms. The van der Waals surface area contributed by atoms with Gasteiger partial charge in [0.15, 0.2) is 6.10 Å². The molecule has 13 nitrogen and oxygen atoms in total. The molecule has 0 radical (unpaired) electrons. The molecule has 2 aromatic rings. The number of allylic oxidation sites excluding steroid dienone is 1. The van der Waals surface area contributed by atoms with Crippen LogP contribution in [-0.4, -0.2) is 94.3 Å². The molecule has 1 spiro atoms. The molecule has 61 heavy (non-hydrogen) atoms. The number of ether oxygens (including phenoxy) is 2. The fourth-order valence-corrected chi connectivity index (χ4v) is 11.2. The molecule has 7 rings (SSSR count). The zero-order valence-electron chi connectivity index (χ0n) is 37.3. The van der Waals surface area contributed by atoms with Crippen molar-refractivity contribution in [2.45, 2.75) is 154 Å². The molecule has 10 atom stereocenters. The number of rotatable bonds is 16. The topological polar surface area (TPSA) is 173 Å². The van der Waals surface area contributed by atoms with Gasteiger partial charge in [0, 0.05) is 54.9 Å². The van der Waals surface area contributed by atoms with E-state index in [0.29, 0.717) is 47.8 Å². The van der Waals surface area contributed by atoms with Gasteiger partial charge in [-0.25, -0.2) is 4.98 Å². The van der Waals surface area contributed by atoms with Crippen molar-refractivity contribution in [3.63, 3.8) is 0 Å². The molecule has 2 unspecified atom stereocenters. The Morgan fingerprint density at radius 3 is 2.54 bits per heavy atom. The van der Waals surface area contributed by atoms with Crippen LogP contribution in [0.1, 0.15) is 145 Å². The van der Waals surface area contributed by atoms with Crippen molar-refractivity contribution in [2.24, 2.45) is 23.2 Å². The lowest BCUT2D eigenvalue weighted by atomic mass is 9.79. The van der Waals surface area contributed by atoms with Crippen LogP contribution in [0.5, 0.6) is 0 Å². The lowest BCUT2D eigenvalue weighted by Crippen LogP contribution is -2.63. The van der Waals surface area contributed by atoms with E-state index in [4.69, 9.17) is 20.2 Å². The summed E-state index contributed by atoms with van der Waals surface area (Å²) in [5, 5.41) is 8.41. The van der Waals surface area contributed by atoms with Crippen molar-refractivity contribution in [2.75, 3.05) is 25.9 Å². The maximum Gasteiger partial charge on any atom is 0.313 e. The van der Waals surface area contributed by atoms with Crippen LogP contribution in [0.4, 0.5) is 5.69 Å². The normalized spacial score (nSPS) is 28.4. The number of nitrogen functional groups attached to an aromatic ring is 1. The van der Waals surface area contributed by atoms with Crippen LogP contribution in [0.2, 0.25) is 0 Å². The van der Waals surface area contributed by atoms with Gasteiger partial charge in [-0.1, -0.05) is 51.8 Å². The van der Waals surface area contributed by atoms with Crippen LogP contribution < -0.4 is 16.4 Å². The van der Waals surface area contributed by atoms with Gasteiger partial charge in [0.05, 0.1) is 11.5 Å². The number of carbonyl (C=O) groups excluding carboxylic acids is 5. The highest BCUT2D eigenvalue weighted by atomic mass is 32.1. The number of nitrogens with two attached hydrogens (primary N) is 1. The van der Waals surface area contributed by atoms with Crippen molar-refractivity contribution < 1.29 is 33.4 Å². The molecule has 3 fully saturated rings. The second-order valence-electron chi connectivity index (χ2n) is 19.1. The van der Waals surface area contributed by atoms with Gasteiger partial charge in [-0.05, 0) is 113 Å². The fourth-order valence-electron chi connectivity index (χ4n) is 10.4. The summed E-state index contributed by atoms with van der Waals surface area (Å²) >= 11 is 1.23. The number of amides is 3. The molecule has 4 N–H and O–H groups in total. The van der Waals surface area contributed by atoms with E-state index in [1.807, 2.05) is 66.8 Å². The average Bonchev–Trinajstić information content (AvgIpc) is 4.05. The predicted molar refractivity (Wildman–Crippen MR) is 234 cm³/mol. The summed E-state index contributed by atoms with van der Waals surface area (Å²) in [4.78, 5) is 77.4. The number of piperidine rings is 1. The quantitative estimate of drug-likeness (QED) is 0.0964. The fraction of sp³-hybridized carbons (Fsp3) is 0.660. The molecule has 2 saturated carbocycles. The summed E-state index contributed by atoms with van der Waals surface area (Å²) in [7, 11) is 1.97. The molecule has 1 saturated heterocycles. The molecule has 332 valence electrons. The van der Waals surface area contributed by atoms with Crippen molar-refractivity contribution >= 4 is 46.7 Å². The summed E-state index contributed by atoms with van der Waals surface area (Å²) in [6, 6.07) is 4.11. The van der Waals surface area contributed by atoms with E-state index in [2.05, 4.69) is 21.6 Å². The lowest BCUT2D eigenvalue weighted by Gasteiger charge is -2.43. The number of hydrogen-bond donors (Lipinski definition) is 3. The molecular weight excluding hydrogens is 793 g/mol. The van der Waals surface area contributed by atoms with Gasteiger partial charge in [0.25, 0.3) is 5.91 Å². The van der Waals surface area contributed by atoms with E-state index in [9.17, 15) is 24.0 Å². The minimum Gasteiger partial charge on any atom is -0.462 e. The highest BCUT2D eigenvalue weighted by molar-refractivity contribution is 7.09. The smallest absolute Gasteiger partial charge is 0.313 e. The summed E-state index contributed by atoms with van der Waals surface area (Å²) in [6.07, 6.45) is 8.79. The first-order valence-corrected chi connectivity index (χ1v) is 23.4. The lowest BCUT2D eigenvalue weighted by molar-refractivity contribution is -0.152. The monoisotopic (exact) mass is 858 g/mol. The Morgan fingerprint density at radius 1 is 1.10 bits per heavy atom. The van der Waals surface area contributed by atoms with Gasteiger partial charge >= 0.3 is 11.9 Å². The number of esters is 2. The largest absolute Gasteiger partial charge is 0.462 e. The molecule has 1 aliphatic heterocycles. The number of likely N-dealkylation sites (tertiary alicyclic amines) is 1. The Kier molecular flexibility index (Phi) is 13.1. The molecule has 2 heterocycles. The summed E-state index contributed by atoms with van der Waals surface area (Å²) < 4.78 is 12.1. The second-order valence-corrected chi connectivity index (χ2v) is 20.0. The first kappa shape index (κ1) is 44.7. The summed E-state index contributed by atoms with van der Waals surface area (Å²) in [5.41, 5.74) is 9.82. The Labute approximate surface area is 364 Å². The summed E-state index contributed by atoms with van der Waals surface area (Å²) in [5.74, 6) is -1.64. The number of anilines is 1. The number of benzene rings is 1. The number of nitrogens with zero attached hydrogens (tertiary/aromatic N) is 3. The van der Waals surface area contributed by atoms with Crippen LogP contribution in [0.3, 0.4) is 0 Å². The van der Waals surface area contributed by atoms with E-state index in [1.165, 1.54) is 30.3 Å². The number of aromatic nitrogens is 1. The van der Waals surface area contributed by atoms with Gasteiger partial charge in [0.1, 0.15) is 22.8 Å². The first-order chi connectivity index (χ1) is 29.0. The highest BCUT2D eigenvalue weighted by Gasteiger charge is 2.66. The van der Waals surface area contributed by atoms with Crippen LogP contribution in [-0.2, 0) is 35.1 Å². The molecule has 1 aromatic heterocycles. The third kappa shape index (κ3) is 9.26. The summed E-state index contributed by atoms with van der Waals surface area (Å²) in [6.45, 7) is 14.5. The molecular formula is C47H66N6O7S. The minimum absolute atomic E-state index is 0.0460. The van der Waals surface area contributed by atoms with Crippen LogP contribution in [0, 0.1) is 23.2 Å². The van der Waals surface area contributed by atoms with Crippen LogP contribution >= 0.6 is 11.3 Å². The first-order valence-electron chi connectivity index (χ1n) is 22.5. The van der Waals surface area contributed by atoms with Crippen LogP contribution in [0.15, 0.2) is 35.2 Å². The van der Waals surface area contributed by atoms with Gasteiger partial charge < -0.3 is 30.7 Å². The maximum atomic E-state index is 14.6. The predicted octanol–water partition coefficient (Wildman–Crippen LogP) is 6.48. The van der Waals surface area contributed by atoms with Crippen molar-refractivity contribution in [3.8, 4) is 0 Å². The number of thiazole rings is 1.